The van der Waals surface area contributed by atoms with Crippen molar-refractivity contribution in [2.45, 2.75) is 19.9 Å². The van der Waals surface area contributed by atoms with Crippen molar-refractivity contribution in [3.05, 3.63) is 11.3 Å². The van der Waals surface area contributed by atoms with Crippen molar-refractivity contribution in [1.29, 1.82) is 0 Å². The van der Waals surface area contributed by atoms with Crippen molar-refractivity contribution >= 4 is 6.21 Å². The van der Waals surface area contributed by atoms with E-state index < -0.39 is 0 Å². The zero-order chi connectivity index (χ0) is 7.02. The quantitative estimate of drug-likeness (QED) is 0.464. The van der Waals surface area contributed by atoms with E-state index in [0.717, 1.165) is 5.70 Å². The highest BCUT2D eigenvalue weighted by Gasteiger charge is 2.21. The van der Waals surface area contributed by atoms with Crippen LogP contribution in [0.4, 0.5) is 0 Å². The molecule has 1 rings (SSSR count). The molecular weight excluding hydrogens is 112 g/mol. The van der Waals surface area contributed by atoms with Gasteiger partial charge in [0.2, 0.25) is 0 Å². The maximum absolute atomic E-state index is 5.64. The van der Waals surface area contributed by atoms with Crippen LogP contribution in [0.25, 0.3) is 0 Å². The number of rotatable bonds is 0. The Kier molecular flexibility index (Phi) is 1.31. The first-order chi connectivity index (χ1) is 4.13. The fourth-order valence-corrected chi connectivity index (χ4v) is 0.980. The molecule has 0 radical (unpaired) electrons. The molecule has 0 aromatic carbocycles. The Balaban J connectivity index is 2.92. The lowest BCUT2D eigenvalue weighted by molar-refractivity contribution is -0.515. The van der Waals surface area contributed by atoms with E-state index in [9.17, 15) is 0 Å². The van der Waals surface area contributed by atoms with Crippen molar-refractivity contribution in [3.63, 3.8) is 0 Å². The van der Waals surface area contributed by atoms with E-state index in [0.29, 0.717) is 6.04 Å². The first-order valence-corrected chi connectivity index (χ1v) is 3.16. The predicted molar refractivity (Wildman–Crippen MR) is 38.6 cm³/mol. The molecule has 1 aliphatic rings. The van der Waals surface area contributed by atoms with Crippen molar-refractivity contribution in [2.24, 2.45) is 5.73 Å². The van der Waals surface area contributed by atoms with Gasteiger partial charge in [0.25, 0.3) is 0 Å². The minimum absolute atomic E-state index is 0.491. The smallest absolute Gasteiger partial charge is 0.187 e. The van der Waals surface area contributed by atoms with Crippen LogP contribution in [0.3, 0.4) is 0 Å². The van der Waals surface area contributed by atoms with Crippen LogP contribution in [-0.4, -0.2) is 23.9 Å². The monoisotopic (exact) mass is 125 g/mol. The lowest BCUT2D eigenvalue weighted by Gasteiger charge is -1.99. The van der Waals surface area contributed by atoms with Gasteiger partial charge in [0.05, 0.1) is 0 Å². The second-order valence-electron chi connectivity index (χ2n) is 2.61. The van der Waals surface area contributed by atoms with Gasteiger partial charge in [-0.25, -0.2) is 4.58 Å². The normalized spacial score (nSPS) is 27.0. The molecule has 50 valence electrons. The van der Waals surface area contributed by atoms with Gasteiger partial charge in [-0.05, 0) is 6.92 Å². The van der Waals surface area contributed by atoms with Gasteiger partial charge in [-0.3, -0.25) is 0 Å². The average Bonchev–Trinajstić information content (AvgIpc) is 1.98. The Morgan fingerprint density at radius 1 is 1.67 bits per heavy atom. The Morgan fingerprint density at radius 2 is 2.22 bits per heavy atom. The van der Waals surface area contributed by atoms with Gasteiger partial charge < -0.3 is 5.73 Å². The van der Waals surface area contributed by atoms with Gasteiger partial charge in [-0.2, -0.15) is 0 Å². The average molecular weight is 125 g/mol. The Bertz CT molecular complexity index is 189. The molecule has 0 aromatic heterocycles. The molecule has 0 amide bonds. The van der Waals surface area contributed by atoms with Gasteiger partial charge >= 0.3 is 0 Å². The van der Waals surface area contributed by atoms with Gasteiger partial charge in [0.1, 0.15) is 12.7 Å². The third-order valence-electron chi connectivity index (χ3n) is 2.04. The summed E-state index contributed by atoms with van der Waals surface area (Å²) in [5.41, 5.74) is 7.84. The largest absolute Gasteiger partial charge is 0.394 e. The van der Waals surface area contributed by atoms with Crippen LogP contribution in [0, 0.1) is 0 Å². The number of allylic oxidation sites excluding steroid dienone is 1. The third kappa shape index (κ3) is 0.846. The highest BCUT2D eigenvalue weighted by Crippen LogP contribution is 2.10. The van der Waals surface area contributed by atoms with E-state index in [-0.39, 0.29) is 0 Å². The summed E-state index contributed by atoms with van der Waals surface area (Å²) in [4.78, 5) is 0. The number of hydrogen-bond donors (Lipinski definition) is 1. The minimum Gasteiger partial charge on any atom is -0.394 e. The summed E-state index contributed by atoms with van der Waals surface area (Å²) in [5.74, 6) is 0. The lowest BCUT2D eigenvalue weighted by Crippen LogP contribution is -2.15. The summed E-state index contributed by atoms with van der Waals surface area (Å²) < 4.78 is 2.12. The maximum atomic E-state index is 5.64. The van der Waals surface area contributed by atoms with E-state index in [1.807, 2.05) is 13.3 Å². The number of nitrogens with zero attached hydrogens (tertiary/aromatic N) is 1. The molecule has 1 atom stereocenters. The Morgan fingerprint density at radius 3 is 2.33 bits per heavy atom. The first-order valence-electron chi connectivity index (χ1n) is 3.16. The number of hydrogen-bond acceptors (Lipinski definition) is 1. The molecule has 1 heterocycles. The molecule has 2 heteroatoms. The second-order valence-corrected chi connectivity index (χ2v) is 2.61. The summed E-state index contributed by atoms with van der Waals surface area (Å²) in [6.07, 6.45) is 1.97. The number of nitrogens with two attached hydrogens (primary N) is 1. The molecule has 2 N–H and O–H groups in total. The molecule has 0 fully saturated rings. The summed E-state index contributed by atoms with van der Waals surface area (Å²) >= 11 is 0. The summed E-state index contributed by atoms with van der Waals surface area (Å²) in [6.45, 7) is 4.21. The molecule has 1 unspecified atom stereocenters. The fourth-order valence-electron chi connectivity index (χ4n) is 0.980. The summed E-state index contributed by atoms with van der Waals surface area (Å²) in [7, 11) is 2.04. The van der Waals surface area contributed by atoms with E-state index in [1.165, 1.54) is 5.57 Å². The van der Waals surface area contributed by atoms with Gasteiger partial charge in [-0.1, -0.05) is 0 Å². The standard InChI is InChI=1S/C7H13N2/c1-5-6(2)9(3)4-7(5)8/h4,6H,8H2,1-3H3/q+1. The zero-order valence-corrected chi connectivity index (χ0v) is 6.18. The van der Waals surface area contributed by atoms with Crippen molar-refractivity contribution in [3.8, 4) is 0 Å². The Labute approximate surface area is 55.7 Å². The maximum Gasteiger partial charge on any atom is 0.187 e. The van der Waals surface area contributed by atoms with Crippen molar-refractivity contribution in [2.75, 3.05) is 7.05 Å². The molecule has 0 spiro atoms. The van der Waals surface area contributed by atoms with Crippen molar-refractivity contribution in [1.82, 2.24) is 0 Å². The van der Waals surface area contributed by atoms with Crippen LogP contribution in [0.1, 0.15) is 13.8 Å². The van der Waals surface area contributed by atoms with Crippen LogP contribution in [0.2, 0.25) is 0 Å². The SMILES string of the molecule is CC1=C(N)C=[N+](C)C1C. The molecular formula is C7H13N2+. The fraction of sp³-hybridized carbons (Fsp3) is 0.571. The highest BCUT2D eigenvalue weighted by molar-refractivity contribution is 5.76. The van der Waals surface area contributed by atoms with E-state index >= 15 is 0 Å². The highest BCUT2D eigenvalue weighted by atomic mass is 15.0. The van der Waals surface area contributed by atoms with Gasteiger partial charge in [0, 0.05) is 12.5 Å². The molecule has 0 saturated carbocycles. The first kappa shape index (κ1) is 6.33. The van der Waals surface area contributed by atoms with Gasteiger partial charge in [-0.15, -0.1) is 0 Å². The van der Waals surface area contributed by atoms with E-state index in [2.05, 4.69) is 18.4 Å². The topological polar surface area (TPSA) is 29.0 Å². The molecule has 1 aliphatic heterocycles. The summed E-state index contributed by atoms with van der Waals surface area (Å²) in [5, 5.41) is 0. The molecule has 0 aromatic rings. The molecule has 0 aliphatic carbocycles. The molecule has 0 bridgehead atoms. The lowest BCUT2D eigenvalue weighted by atomic mass is 10.1. The number of likely N-dealkylation sites (N-methyl/N-ethyl adjacent to an activating group) is 1. The Hall–Kier alpha value is -0.790. The van der Waals surface area contributed by atoms with E-state index in [1.54, 1.807) is 0 Å². The van der Waals surface area contributed by atoms with Crippen LogP contribution in [-0.2, 0) is 0 Å². The van der Waals surface area contributed by atoms with E-state index in [4.69, 9.17) is 5.73 Å². The zero-order valence-electron chi connectivity index (χ0n) is 6.18. The van der Waals surface area contributed by atoms with Crippen molar-refractivity contribution < 1.29 is 4.58 Å². The van der Waals surface area contributed by atoms with Gasteiger partial charge in [0.15, 0.2) is 12.3 Å². The van der Waals surface area contributed by atoms with Crippen LogP contribution in [0.5, 0.6) is 0 Å². The predicted octanol–water partition coefficient (Wildman–Crippen LogP) is 0.334. The van der Waals surface area contributed by atoms with Crippen LogP contribution in [0.15, 0.2) is 11.3 Å². The van der Waals surface area contributed by atoms with Crippen LogP contribution < -0.4 is 5.73 Å². The molecule has 9 heavy (non-hydrogen) atoms. The molecule has 2 nitrogen and oxygen atoms in total. The second kappa shape index (κ2) is 1.87. The minimum atomic E-state index is 0.491. The summed E-state index contributed by atoms with van der Waals surface area (Å²) in [6, 6.07) is 0.491. The third-order valence-corrected chi connectivity index (χ3v) is 2.04. The van der Waals surface area contributed by atoms with Crippen LogP contribution >= 0.6 is 0 Å². The molecule has 0 saturated heterocycles.